The third kappa shape index (κ3) is 2.58. The van der Waals surface area contributed by atoms with Gasteiger partial charge < -0.3 is 4.74 Å². The van der Waals surface area contributed by atoms with E-state index in [9.17, 15) is 0 Å². The van der Waals surface area contributed by atoms with Gasteiger partial charge in [-0.15, -0.1) is 5.10 Å². The van der Waals surface area contributed by atoms with E-state index in [2.05, 4.69) is 56.5 Å². The molecule has 20 heavy (non-hydrogen) atoms. The summed E-state index contributed by atoms with van der Waals surface area (Å²) in [6.07, 6.45) is 0. The van der Waals surface area contributed by atoms with Crippen molar-refractivity contribution in [2.45, 2.75) is 46.1 Å². The predicted molar refractivity (Wildman–Crippen MR) is 83.3 cm³/mol. The first kappa shape index (κ1) is 14.6. The molecule has 0 aliphatic heterocycles. The maximum atomic E-state index is 5.53. The van der Waals surface area contributed by atoms with Crippen molar-refractivity contribution < 1.29 is 4.74 Å². The van der Waals surface area contributed by atoms with Gasteiger partial charge in [0.15, 0.2) is 0 Å². The Morgan fingerprint density at radius 1 is 1.10 bits per heavy atom. The number of ether oxygens (including phenoxy) is 1. The number of aromatic nitrogens is 2. The number of benzene rings is 1. The third-order valence-corrected chi connectivity index (χ3v) is 3.33. The van der Waals surface area contributed by atoms with Gasteiger partial charge in [-0.25, -0.2) is 0 Å². The molecule has 0 aliphatic rings. The SMILES string of the molecule is COc1nn(C(C)C)c(C(C)(C)C)c1-c1ccccc1. The van der Waals surface area contributed by atoms with Gasteiger partial charge in [0.05, 0.1) is 18.4 Å². The second kappa shape index (κ2) is 5.31. The number of nitrogens with zero attached hydrogens (tertiary/aromatic N) is 2. The van der Waals surface area contributed by atoms with Crippen LogP contribution in [0.3, 0.4) is 0 Å². The van der Waals surface area contributed by atoms with E-state index >= 15 is 0 Å². The highest BCUT2D eigenvalue weighted by atomic mass is 16.5. The van der Waals surface area contributed by atoms with E-state index in [0.717, 1.165) is 11.1 Å². The molecule has 1 heterocycles. The van der Waals surface area contributed by atoms with Gasteiger partial charge in [0.2, 0.25) is 5.88 Å². The molecule has 0 spiro atoms. The number of methoxy groups -OCH3 is 1. The highest BCUT2D eigenvalue weighted by Crippen LogP contribution is 2.40. The molecule has 3 nitrogen and oxygen atoms in total. The van der Waals surface area contributed by atoms with Crippen molar-refractivity contribution in [2.75, 3.05) is 7.11 Å². The Labute approximate surface area is 121 Å². The quantitative estimate of drug-likeness (QED) is 0.826. The Kier molecular flexibility index (Phi) is 3.89. The fraction of sp³-hybridized carbons (Fsp3) is 0.471. The van der Waals surface area contributed by atoms with Crippen LogP contribution in [0.1, 0.15) is 46.4 Å². The van der Waals surface area contributed by atoms with E-state index in [1.165, 1.54) is 5.69 Å². The smallest absolute Gasteiger partial charge is 0.240 e. The van der Waals surface area contributed by atoms with Crippen LogP contribution in [-0.2, 0) is 5.41 Å². The summed E-state index contributed by atoms with van der Waals surface area (Å²) in [5, 5.41) is 4.67. The summed E-state index contributed by atoms with van der Waals surface area (Å²) in [6.45, 7) is 10.9. The minimum atomic E-state index is -0.000769. The monoisotopic (exact) mass is 272 g/mol. The fourth-order valence-electron chi connectivity index (χ4n) is 2.51. The summed E-state index contributed by atoms with van der Waals surface area (Å²) < 4.78 is 7.62. The maximum Gasteiger partial charge on any atom is 0.240 e. The first-order valence-corrected chi connectivity index (χ1v) is 7.08. The standard InChI is InChI=1S/C17H24N2O/c1-12(2)19-15(17(3,4)5)14(16(18-19)20-6)13-10-8-7-9-11-13/h7-12H,1-6H3. The highest BCUT2D eigenvalue weighted by molar-refractivity contribution is 5.72. The van der Waals surface area contributed by atoms with Crippen LogP contribution in [-0.4, -0.2) is 16.9 Å². The number of hydrogen-bond acceptors (Lipinski definition) is 2. The van der Waals surface area contributed by atoms with E-state index in [-0.39, 0.29) is 5.41 Å². The Balaban J connectivity index is 2.77. The minimum Gasteiger partial charge on any atom is -0.479 e. The van der Waals surface area contributed by atoms with E-state index in [1.54, 1.807) is 7.11 Å². The molecule has 2 rings (SSSR count). The van der Waals surface area contributed by atoms with Crippen molar-refractivity contribution in [3.05, 3.63) is 36.0 Å². The van der Waals surface area contributed by atoms with Gasteiger partial charge in [0.25, 0.3) is 0 Å². The molecule has 0 radical (unpaired) electrons. The molecule has 0 unspecified atom stereocenters. The van der Waals surface area contributed by atoms with Crippen LogP contribution in [0.5, 0.6) is 5.88 Å². The molecule has 1 aromatic heterocycles. The summed E-state index contributed by atoms with van der Waals surface area (Å²) in [5.41, 5.74) is 3.48. The number of rotatable bonds is 3. The van der Waals surface area contributed by atoms with Crippen molar-refractivity contribution in [1.29, 1.82) is 0 Å². The topological polar surface area (TPSA) is 27.1 Å². The highest BCUT2D eigenvalue weighted by Gasteiger charge is 2.29. The molecule has 0 atom stereocenters. The molecular weight excluding hydrogens is 248 g/mol. The average Bonchev–Trinajstić information content (AvgIpc) is 2.79. The van der Waals surface area contributed by atoms with Gasteiger partial charge in [-0.2, -0.15) is 0 Å². The van der Waals surface area contributed by atoms with Crippen LogP contribution in [0.15, 0.2) is 30.3 Å². The molecule has 0 amide bonds. The molecule has 0 saturated carbocycles. The molecule has 0 bridgehead atoms. The molecule has 3 heteroatoms. The molecular formula is C17H24N2O. The van der Waals surface area contributed by atoms with Crippen molar-refractivity contribution in [2.24, 2.45) is 0 Å². The van der Waals surface area contributed by atoms with Crippen molar-refractivity contribution in [3.8, 4) is 17.0 Å². The van der Waals surface area contributed by atoms with Gasteiger partial charge in [-0.1, -0.05) is 51.1 Å². The zero-order valence-electron chi connectivity index (χ0n) is 13.3. The van der Waals surface area contributed by atoms with Crippen LogP contribution in [0.2, 0.25) is 0 Å². The van der Waals surface area contributed by atoms with Crippen molar-refractivity contribution >= 4 is 0 Å². The summed E-state index contributed by atoms with van der Waals surface area (Å²) in [5.74, 6) is 0.704. The van der Waals surface area contributed by atoms with Crippen LogP contribution >= 0.6 is 0 Å². The first-order chi connectivity index (χ1) is 9.36. The summed E-state index contributed by atoms with van der Waals surface area (Å²) in [6, 6.07) is 10.6. The maximum absolute atomic E-state index is 5.53. The van der Waals surface area contributed by atoms with Crippen molar-refractivity contribution in [1.82, 2.24) is 9.78 Å². The van der Waals surface area contributed by atoms with E-state index in [4.69, 9.17) is 4.74 Å². The second-order valence-electron chi connectivity index (χ2n) is 6.39. The van der Waals surface area contributed by atoms with E-state index in [1.807, 2.05) is 18.2 Å². The Bertz CT molecular complexity index is 577. The largest absolute Gasteiger partial charge is 0.479 e. The lowest BCUT2D eigenvalue weighted by atomic mass is 9.86. The normalized spacial score (nSPS) is 11.9. The molecule has 0 N–H and O–H groups in total. The van der Waals surface area contributed by atoms with Crippen LogP contribution in [0.4, 0.5) is 0 Å². The van der Waals surface area contributed by atoms with E-state index in [0.29, 0.717) is 11.9 Å². The molecule has 0 aliphatic carbocycles. The summed E-state index contributed by atoms with van der Waals surface area (Å²) in [7, 11) is 1.69. The van der Waals surface area contributed by atoms with Gasteiger partial charge in [-0.3, -0.25) is 4.68 Å². The second-order valence-corrected chi connectivity index (χ2v) is 6.39. The fourth-order valence-corrected chi connectivity index (χ4v) is 2.51. The van der Waals surface area contributed by atoms with Crippen LogP contribution < -0.4 is 4.74 Å². The van der Waals surface area contributed by atoms with Crippen LogP contribution in [0.25, 0.3) is 11.1 Å². The lowest BCUT2D eigenvalue weighted by Gasteiger charge is -2.24. The zero-order chi connectivity index (χ0) is 14.9. The Morgan fingerprint density at radius 3 is 2.15 bits per heavy atom. The third-order valence-electron chi connectivity index (χ3n) is 3.33. The molecule has 108 valence electrons. The lowest BCUT2D eigenvalue weighted by Crippen LogP contribution is -2.20. The van der Waals surface area contributed by atoms with E-state index < -0.39 is 0 Å². The first-order valence-electron chi connectivity index (χ1n) is 7.08. The van der Waals surface area contributed by atoms with Gasteiger partial charge in [0, 0.05) is 11.5 Å². The van der Waals surface area contributed by atoms with Crippen molar-refractivity contribution in [3.63, 3.8) is 0 Å². The zero-order valence-corrected chi connectivity index (χ0v) is 13.3. The molecule has 0 saturated heterocycles. The van der Waals surface area contributed by atoms with Gasteiger partial charge >= 0.3 is 0 Å². The molecule has 2 aromatic rings. The predicted octanol–water partition coefficient (Wildman–Crippen LogP) is 4.44. The minimum absolute atomic E-state index is 0.000769. The number of hydrogen-bond donors (Lipinski definition) is 0. The molecule has 1 aromatic carbocycles. The Morgan fingerprint density at radius 2 is 1.70 bits per heavy atom. The molecule has 0 fully saturated rings. The summed E-state index contributed by atoms with van der Waals surface area (Å²) >= 11 is 0. The summed E-state index contributed by atoms with van der Waals surface area (Å²) in [4.78, 5) is 0. The Hall–Kier alpha value is -1.77. The van der Waals surface area contributed by atoms with Gasteiger partial charge in [-0.05, 0) is 19.4 Å². The van der Waals surface area contributed by atoms with Gasteiger partial charge in [0.1, 0.15) is 0 Å². The lowest BCUT2D eigenvalue weighted by molar-refractivity contribution is 0.379. The van der Waals surface area contributed by atoms with Crippen LogP contribution in [0, 0.1) is 0 Å². The average molecular weight is 272 g/mol.